The molecule has 1 aromatic rings. The molecule has 4 unspecified atom stereocenters. The van der Waals surface area contributed by atoms with Crippen LogP contribution < -0.4 is 5.32 Å². The Morgan fingerprint density at radius 2 is 2.25 bits per heavy atom. The van der Waals surface area contributed by atoms with E-state index >= 15 is 0 Å². The van der Waals surface area contributed by atoms with E-state index in [9.17, 15) is 0 Å². The van der Waals surface area contributed by atoms with Crippen molar-refractivity contribution in [2.75, 3.05) is 12.4 Å². The average Bonchev–Trinajstić information content (AvgIpc) is 3.00. The van der Waals surface area contributed by atoms with Gasteiger partial charge < -0.3 is 10.1 Å². The molecule has 1 aromatic heterocycles. The fraction of sp³-hybridized carbons (Fsp3) is 0.733. The predicted molar refractivity (Wildman–Crippen MR) is 79.8 cm³/mol. The summed E-state index contributed by atoms with van der Waals surface area (Å²) in [6, 6.07) is 2.23. The van der Waals surface area contributed by atoms with Gasteiger partial charge in [0.1, 0.15) is 17.6 Å². The monoisotopic (exact) mass is 295 g/mol. The number of fused-ring (bicyclic) bond motifs is 2. The summed E-state index contributed by atoms with van der Waals surface area (Å²) in [6.45, 7) is 2.65. The molecule has 4 atom stereocenters. The summed E-state index contributed by atoms with van der Waals surface area (Å²) >= 11 is 6.05. The summed E-state index contributed by atoms with van der Waals surface area (Å²) in [7, 11) is 1.63. The first kappa shape index (κ1) is 14.1. The van der Waals surface area contributed by atoms with Crippen LogP contribution >= 0.6 is 11.6 Å². The van der Waals surface area contributed by atoms with Crippen molar-refractivity contribution < 1.29 is 4.74 Å². The van der Waals surface area contributed by atoms with Gasteiger partial charge in [-0.15, -0.1) is 0 Å². The second-order valence-corrected chi connectivity index (χ2v) is 6.58. The minimum Gasteiger partial charge on any atom is -0.377 e. The van der Waals surface area contributed by atoms with Crippen molar-refractivity contribution in [1.82, 2.24) is 9.97 Å². The zero-order valence-electron chi connectivity index (χ0n) is 12.1. The third-order valence-electron chi connectivity index (χ3n) is 4.83. The van der Waals surface area contributed by atoms with Crippen molar-refractivity contribution in [3.63, 3.8) is 0 Å². The fourth-order valence-corrected chi connectivity index (χ4v) is 4.18. The third kappa shape index (κ3) is 2.91. The lowest BCUT2D eigenvalue weighted by Crippen LogP contribution is -2.30. The number of ether oxygens (including phenoxy) is 1. The van der Waals surface area contributed by atoms with Gasteiger partial charge in [0, 0.05) is 19.2 Å². The minimum absolute atomic E-state index is 0.387. The molecule has 110 valence electrons. The first-order valence-electron chi connectivity index (χ1n) is 7.44. The van der Waals surface area contributed by atoms with Crippen LogP contribution in [-0.4, -0.2) is 23.1 Å². The van der Waals surface area contributed by atoms with Crippen LogP contribution in [0.1, 0.15) is 38.4 Å². The van der Waals surface area contributed by atoms with Crippen LogP contribution in [0.15, 0.2) is 6.07 Å². The van der Waals surface area contributed by atoms with E-state index < -0.39 is 0 Å². The van der Waals surface area contributed by atoms with Crippen molar-refractivity contribution in [2.24, 2.45) is 17.8 Å². The molecule has 2 saturated carbocycles. The van der Waals surface area contributed by atoms with Gasteiger partial charge in [0.15, 0.2) is 5.82 Å². The highest BCUT2D eigenvalue weighted by molar-refractivity contribution is 6.29. The molecule has 1 heterocycles. The van der Waals surface area contributed by atoms with E-state index in [-0.39, 0.29) is 0 Å². The summed E-state index contributed by atoms with van der Waals surface area (Å²) in [5.41, 5.74) is 0. The normalized spacial score (nSPS) is 29.6. The number of nitrogens with zero attached hydrogens (tertiary/aromatic N) is 2. The zero-order chi connectivity index (χ0) is 14.1. The number of hydrogen-bond acceptors (Lipinski definition) is 4. The Hall–Kier alpha value is -0.870. The van der Waals surface area contributed by atoms with Gasteiger partial charge in [-0.1, -0.05) is 18.0 Å². The van der Waals surface area contributed by atoms with E-state index in [1.54, 1.807) is 13.2 Å². The highest BCUT2D eigenvalue weighted by Gasteiger charge is 2.41. The number of hydrogen-bond donors (Lipinski definition) is 1. The maximum absolute atomic E-state index is 6.05. The number of anilines is 1. The highest BCUT2D eigenvalue weighted by Crippen LogP contribution is 2.49. The quantitative estimate of drug-likeness (QED) is 0.845. The Morgan fingerprint density at radius 1 is 1.40 bits per heavy atom. The Bertz CT molecular complexity index is 482. The van der Waals surface area contributed by atoms with Crippen LogP contribution in [0.4, 0.5) is 5.82 Å². The molecule has 0 saturated heterocycles. The highest BCUT2D eigenvalue weighted by atomic mass is 35.5. The summed E-state index contributed by atoms with van der Waals surface area (Å²) in [6.07, 6.45) is 5.63. The Morgan fingerprint density at radius 3 is 2.90 bits per heavy atom. The lowest BCUT2D eigenvalue weighted by molar-refractivity contribution is 0.178. The fourth-order valence-electron chi connectivity index (χ4n) is 3.98. The molecule has 2 aliphatic carbocycles. The Kier molecular flexibility index (Phi) is 4.13. The molecule has 0 amide bonds. The number of rotatable bonds is 5. The molecule has 0 spiro atoms. The lowest BCUT2D eigenvalue weighted by Gasteiger charge is -2.29. The minimum atomic E-state index is 0.387. The summed E-state index contributed by atoms with van der Waals surface area (Å²) in [5.74, 6) is 4.08. The van der Waals surface area contributed by atoms with Gasteiger partial charge in [-0.3, -0.25) is 0 Å². The molecule has 2 bridgehead atoms. The van der Waals surface area contributed by atoms with E-state index in [4.69, 9.17) is 16.3 Å². The SMILES string of the molecule is COCc1nc(Cl)cc(NC(C)C2CC3CCC2C3)n1. The standard InChI is InChI=1S/C15H22ClN3O/c1-9(12-6-10-3-4-11(12)5-10)17-14-7-13(16)18-15(19-14)8-20-2/h7,9-12H,3-6,8H2,1-2H3,(H,17,18,19). The van der Waals surface area contributed by atoms with Crippen LogP contribution in [0, 0.1) is 17.8 Å². The van der Waals surface area contributed by atoms with Gasteiger partial charge in [0.05, 0.1) is 0 Å². The summed E-state index contributed by atoms with van der Waals surface area (Å²) in [5, 5.41) is 3.98. The molecule has 0 radical (unpaired) electrons. The van der Waals surface area contributed by atoms with Crippen molar-refractivity contribution in [3.8, 4) is 0 Å². The molecule has 1 N–H and O–H groups in total. The van der Waals surface area contributed by atoms with Gasteiger partial charge in [-0.25, -0.2) is 9.97 Å². The second kappa shape index (κ2) is 5.86. The molecular weight excluding hydrogens is 274 g/mol. The summed E-state index contributed by atoms with van der Waals surface area (Å²) < 4.78 is 5.07. The van der Waals surface area contributed by atoms with Gasteiger partial charge >= 0.3 is 0 Å². The van der Waals surface area contributed by atoms with E-state index in [1.165, 1.54) is 25.7 Å². The van der Waals surface area contributed by atoms with E-state index in [2.05, 4.69) is 22.2 Å². The Labute approximate surface area is 125 Å². The van der Waals surface area contributed by atoms with Crippen LogP contribution in [0.25, 0.3) is 0 Å². The lowest BCUT2D eigenvalue weighted by atomic mass is 9.84. The third-order valence-corrected chi connectivity index (χ3v) is 5.02. The van der Waals surface area contributed by atoms with Gasteiger partial charge in [-0.05, 0) is 43.9 Å². The smallest absolute Gasteiger partial charge is 0.158 e. The predicted octanol–water partition coefficient (Wildman–Crippen LogP) is 3.51. The van der Waals surface area contributed by atoms with Crippen molar-refractivity contribution >= 4 is 17.4 Å². The summed E-state index contributed by atoms with van der Waals surface area (Å²) in [4.78, 5) is 8.62. The molecule has 20 heavy (non-hydrogen) atoms. The molecule has 0 aliphatic heterocycles. The molecule has 5 heteroatoms. The van der Waals surface area contributed by atoms with E-state index in [0.29, 0.717) is 23.6 Å². The van der Waals surface area contributed by atoms with Crippen molar-refractivity contribution in [2.45, 2.75) is 45.3 Å². The van der Waals surface area contributed by atoms with Crippen LogP contribution in [-0.2, 0) is 11.3 Å². The first-order valence-corrected chi connectivity index (χ1v) is 7.82. The molecule has 3 rings (SSSR count). The maximum Gasteiger partial charge on any atom is 0.158 e. The molecule has 2 aliphatic rings. The molecule has 4 nitrogen and oxygen atoms in total. The molecular formula is C15H22ClN3O. The van der Waals surface area contributed by atoms with Gasteiger partial charge in [-0.2, -0.15) is 0 Å². The number of nitrogens with one attached hydrogen (secondary N) is 1. The topological polar surface area (TPSA) is 47.0 Å². The maximum atomic E-state index is 6.05. The van der Waals surface area contributed by atoms with Crippen LogP contribution in [0.2, 0.25) is 5.15 Å². The number of methoxy groups -OCH3 is 1. The van der Waals surface area contributed by atoms with Crippen molar-refractivity contribution in [3.05, 3.63) is 17.0 Å². The van der Waals surface area contributed by atoms with Gasteiger partial charge in [0.2, 0.25) is 0 Å². The first-order chi connectivity index (χ1) is 9.65. The van der Waals surface area contributed by atoms with E-state index in [0.717, 1.165) is 23.6 Å². The zero-order valence-corrected chi connectivity index (χ0v) is 12.9. The average molecular weight is 296 g/mol. The largest absolute Gasteiger partial charge is 0.377 e. The van der Waals surface area contributed by atoms with Crippen molar-refractivity contribution in [1.29, 1.82) is 0 Å². The number of aromatic nitrogens is 2. The molecule has 0 aromatic carbocycles. The Balaban J connectivity index is 1.67. The number of halogens is 1. The van der Waals surface area contributed by atoms with Crippen LogP contribution in [0.3, 0.4) is 0 Å². The van der Waals surface area contributed by atoms with Gasteiger partial charge in [0.25, 0.3) is 0 Å². The van der Waals surface area contributed by atoms with E-state index in [1.807, 2.05) is 0 Å². The van der Waals surface area contributed by atoms with Crippen LogP contribution in [0.5, 0.6) is 0 Å². The second-order valence-electron chi connectivity index (χ2n) is 6.20. The molecule has 2 fully saturated rings.